The first-order valence-electron chi connectivity index (χ1n) is 5.77. The summed E-state index contributed by atoms with van der Waals surface area (Å²) in [6, 6.07) is 0. The highest BCUT2D eigenvalue weighted by molar-refractivity contribution is 5.91. The van der Waals surface area contributed by atoms with Gasteiger partial charge in [-0.2, -0.15) is 0 Å². The highest BCUT2D eigenvalue weighted by Gasteiger charge is 2.10. The second-order valence-electron chi connectivity index (χ2n) is 4.00. The highest BCUT2D eigenvalue weighted by Crippen LogP contribution is 2.20. The molecule has 0 saturated carbocycles. The van der Waals surface area contributed by atoms with Crippen molar-refractivity contribution in [2.24, 2.45) is 5.92 Å². The van der Waals surface area contributed by atoms with Crippen molar-refractivity contribution in [2.45, 2.75) is 52.4 Å². The molecular weight excluding hydrogens is 190 g/mol. The molecule has 0 aliphatic carbocycles. The summed E-state index contributed by atoms with van der Waals surface area (Å²) in [6.07, 6.45) is 6.50. The Morgan fingerprint density at radius 1 is 1.40 bits per heavy atom. The number of amides is 1. The Hall–Kier alpha value is -0.830. The van der Waals surface area contributed by atoms with Crippen LogP contribution in [0, 0.1) is 5.92 Å². The third-order valence-electron chi connectivity index (χ3n) is 2.82. The molecule has 0 aliphatic rings. The molecular formula is C12H23NO2. The van der Waals surface area contributed by atoms with Crippen molar-refractivity contribution in [3.05, 3.63) is 12.2 Å². The van der Waals surface area contributed by atoms with Crippen LogP contribution < -0.4 is 5.48 Å². The van der Waals surface area contributed by atoms with Gasteiger partial charge in [-0.05, 0) is 18.8 Å². The molecule has 3 heteroatoms. The molecule has 1 unspecified atom stereocenters. The average molecular weight is 213 g/mol. The molecule has 2 N–H and O–H groups in total. The first-order chi connectivity index (χ1) is 7.15. The zero-order chi connectivity index (χ0) is 11.7. The smallest absolute Gasteiger partial charge is 0.269 e. The van der Waals surface area contributed by atoms with Crippen LogP contribution in [-0.2, 0) is 4.79 Å². The van der Waals surface area contributed by atoms with Gasteiger partial charge >= 0.3 is 0 Å². The van der Waals surface area contributed by atoms with E-state index in [-0.39, 0.29) is 0 Å². The molecule has 3 nitrogen and oxygen atoms in total. The van der Waals surface area contributed by atoms with E-state index in [0.717, 1.165) is 12.8 Å². The van der Waals surface area contributed by atoms with Crippen molar-refractivity contribution in [1.29, 1.82) is 0 Å². The molecule has 88 valence electrons. The van der Waals surface area contributed by atoms with E-state index in [1.165, 1.54) is 19.3 Å². The molecule has 1 amide bonds. The van der Waals surface area contributed by atoms with Crippen molar-refractivity contribution in [1.82, 2.24) is 5.48 Å². The van der Waals surface area contributed by atoms with Crippen molar-refractivity contribution >= 4 is 5.91 Å². The lowest BCUT2D eigenvalue weighted by molar-refractivity contribution is -0.125. The van der Waals surface area contributed by atoms with Crippen molar-refractivity contribution in [3.8, 4) is 0 Å². The number of hydrogen-bond donors (Lipinski definition) is 2. The standard InChI is InChI=1S/C12H23NO2/c1-4-6-7-11(5-2)9-8-10(3)12(14)13-15/h11,15H,3-9H2,1-2H3,(H,13,14). The zero-order valence-electron chi connectivity index (χ0n) is 9.88. The molecule has 0 aromatic rings. The van der Waals surface area contributed by atoms with Gasteiger partial charge in [0.05, 0.1) is 0 Å². The molecule has 0 radical (unpaired) electrons. The Morgan fingerprint density at radius 3 is 2.53 bits per heavy atom. The minimum Gasteiger partial charge on any atom is -0.288 e. The van der Waals surface area contributed by atoms with E-state index in [4.69, 9.17) is 5.21 Å². The maximum Gasteiger partial charge on any atom is 0.269 e. The minimum absolute atomic E-state index is 0.458. The van der Waals surface area contributed by atoms with Crippen LogP contribution in [0.5, 0.6) is 0 Å². The van der Waals surface area contributed by atoms with Crippen molar-refractivity contribution in [3.63, 3.8) is 0 Å². The number of nitrogens with one attached hydrogen (secondary N) is 1. The van der Waals surface area contributed by atoms with Crippen LogP contribution in [0.15, 0.2) is 12.2 Å². The van der Waals surface area contributed by atoms with Gasteiger partial charge in [-0.3, -0.25) is 10.0 Å². The molecule has 15 heavy (non-hydrogen) atoms. The SMILES string of the molecule is C=C(CCC(CC)CCCC)C(=O)NO. The number of carbonyl (C=O) groups excluding carboxylic acids is 1. The molecule has 0 saturated heterocycles. The van der Waals surface area contributed by atoms with E-state index in [2.05, 4.69) is 20.4 Å². The molecule has 0 spiro atoms. The van der Waals surface area contributed by atoms with Crippen LogP contribution >= 0.6 is 0 Å². The zero-order valence-corrected chi connectivity index (χ0v) is 9.88. The fourth-order valence-corrected chi connectivity index (χ4v) is 1.62. The summed E-state index contributed by atoms with van der Waals surface area (Å²) in [7, 11) is 0. The van der Waals surface area contributed by atoms with Crippen molar-refractivity contribution < 1.29 is 10.0 Å². The van der Waals surface area contributed by atoms with E-state index in [1.807, 2.05) is 0 Å². The second-order valence-corrected chi connectivity index (χ2v) is 4.00. The molecule has 0 aromatic heterocycles. The molecule has 0 rings (SSSR count). The van der Waals surface area contributed by atoms with Gasteiger partial charge in [0.25, 0.3) is 5.91 Å². The third kappa shape index (κ3) is 6.28. The summed E-state index contributed by atoms with van der Waals surface area (Å²) in [4.78, 5) is 11.0. The normalized spacial score (nSPS) is 12.2. The third-order valence-corrected chi connectivity index (χ3v) is 2.82. The second kappa shape index (κ2) is 8.48. The van der Waals surface area contributed by atoms with Crippen LogP contribution in [0.1, 0.15) is 52.4 Å². The quantitative estimate of drug-likeness (QED) is 0.370. The Bertz CT molecular complexity index is 202. The Labute approximate surface area is 92.5 Å². The number of rotatable bonds is 8. The first-order valence-corrected chi connectivity index (χ1v) is 5.77. The van der Waals surface area contributed by atoms with Crippen LogP contribution in [0.25, 0.3) is 0 Å². The van der Waals surface area contributed by atoms with E-state index in [9.17, 15) is 4.79 Å². The van der Waals surface area contributed by atoms with Crippen molar-refractivity contribution in [2.75, 3.05) is 0 Å². The maximum absolute atomic E-state index is 11.0. The number of hydrogen-bond acceptors (Lipinski definition) is 2. The largest absolute Gasteiger partial charge is 0.288 e. The fourth-order valence-electron chi connectivity index (χ4n) is 1.62. The molecule has 0 aliphatic heterocycles. The number of unbranched alkanes of at least 4 members (excludes halogenated alkanes) is 1. The van der Waals surface area contributed by atoms with E-state index >= 15 is 0 Å². The van der Waals surface area contributed by atoms with Gasteiger partial charge in [-0.1, -0.05) is 46.1 Å². The molecule has 0 heterocycles. The Balaban J connectivity index is 3.79. The fraction of sp³-hybridized carbons (Fsp3) is 0.750. The highest BCUT2D eigenvalue weighted by atomic mass is 16.5. The number of carbonyl (C=O) groups is 1. The molecule has 1 atom stereocenters. The van der Waals surface area contributed by atoms with Crippen LogP contribution in [-0.4, -0.2) is 11.1 Å². The van der Waals surface area contributed by atoms with E-state index in [1.54, 1.807) is 5.48 Å². The summed E-state index contributed by atoms with van der Waals surface area (Å²) in [6.45, 7) is 8.00. The summed E-state index contributed by atoms with van der Waals surface area (Å²) < 4.78 is 0. The summed E-state index contributed by atoms with van der Waals surface area (Å²) in [5.74, 6) is 0.216. The lowest BCUT2D eigenvalue weighted by Crippen LogP contribution is -2.20. The topological polar surface area (TPSA) is 49.3 Å². The van der Waals surface area contributed by atoms with Gasteiger partial charge in [0.2, 0.25) is 0 Å². The Morgan fingerprint density at radius 2 is 2.07 bits per heavy atom. The predicted octanol–water partition coefficient (Wildman–Crippen LogP) is 3.04. The molecule has 0 bridgehead atoms. The summed E-state index contributed by atoms with van der Waals surface area (Å²) in [5.41, 5.74) is 2.08. The average Bonchev–Trinajstić information content (AvgIpc) is 2.27. The number of hydroxylamine groups is 1. The van der Waals surface area contributed by atoms with Gasteiger partial charge < -0.3 is 0 Å². The van der Waals surface area contributed by atoms with Gasteiger partial charge in [0.1, 0.15) is 0 Å². The molecule has 0 fully saturated rings. The lowest BCUT2D eigenvalue weighted by Gasteiger charge is -2.14. The van der Waals surface area contributed by atoms with Crippen LogP contribution in [0.3, 0.4) is 0 Å². The van der Waals surface area contributed by atoms with Gasteiger partial charge in [0, 0.05) is 5.57 Å². The van der Waals surface area contributed by atoms with E-state index in [0.29, 0.717) is 17.9 Å². The summed E-state index contributed by atoms with van der Waals surface area (Å²) in [5, 5.41) is 8.41. The Kier molecular flexibility index (Phi) is 8.01. The van der Waals surface area contributed by atoms with Crippen LogP contribution in [0.2, 0.25) is 0 Å². The summed E-state index contributed by atoms with van der Waals surface area (Å²) >= 11 is 0. The van der Waals surface area contributed by atoms with Gasteiger partial charge in [-0.25, -0.2) is 5.48 Å². The lowest BCUT2D eigenvalue weighted by atomic mass is 9.92. The van der Waals surface area contributed by atoms with Gasteiger partial charge in [0.15, 0.2) is 0 Å². The predicted molar refractivity (Wildman–Crippen MR) is 61.6 cm³/mol. The maximum atomic E-state index is 11.0. The van der Waals surface area contributed by atoms with Gasteiger partial charge in [-0.15, -0.1) is 0 Å². The first kappa shape index (κ1) is 14.2. The molecule has 0 aromatic carbocycles. The van der Waals surface area contributed by atoms with E-state index < -0.39 is 5.91 Å². The minimum atomic E-state index is -0.458. The van der Waals surface area contributed by atoms with Crippen LogP contribution in [0.4, 0.5) is 0 Å². The monoisotopic (exact) mass is 213 g/mol.